The number of nitrogens with zero attached hydrogens (tertiary/aromatic N) is 1. The summed E-state index contributed by atoms with van der Waals surface area (Å²) in [6.07, 6.45) is 1.68. The third-order valence-electron chi connectivity index (χ3n) is 4.49. The molecule has 2 aromatic carbocycles. The zero-order valence-electron chi connectivity index (χ0n) is 15.3. The number of nitrogens with one attached hydrogen (secondary N) is 2. The molecule has 0 saturated carbocycles. The first-order valence-electron chi connectivity index (χ1n) is 8.66. The molecule has 3 rings (SSSR count). The van der Waals surface area contributed by atoms with Gasteiger partial charge in [0.2, 0.25) is 0 Å². The van der Waals surface area contributed by atoms with Crippen molar-refractivity contribution in [3.8, 4) is 0 Å². The van der Waals surface area contributed by atoms with Crippen molar-refractivity contribution >= 4 is 17.3 Å². The molecular weight excluding hydrogens is 322 g/mol. The highest BCUT2D eigenvalue weighted by Gasteiger charge is 2.08. The molecule has 0 radical (unpaired) electrons. The minimum Gasteiger partial charge on any atom is -0.354 e. The van der Waals surface area contributed by atoms with Gasteiger partial charge in [0.15, 0.2) is 0 Å². The Kier molecular flexibility index (Phi) is 5.32. The Bertz CT molecular complexity index is 917. The van der Waals surface area contributed by atoms with Gasteiger partial charge in [0, 0.05) is 12.2 Å². The molecule has 4 nitrogen and oxygen atoms in total. The number of anilines is 2. The van der Waals surface area contributed by atoms with E-state index in [1.165, 1.54) is 11.1 Å². The Balaban J connectivity index is 1.62. The minimum absolute atomic E-state index is 0.175. The van der Waals surface area contributed by atoms with Crippen LogP contribution in [0.1, 0.15) is 32.7 Å². The summed E-state index contributed by atoms with van der Waals surface area (Å²) in [6.45, 7) is 6.70. The van der Waals surface area contributed by atoms with Gasteiger partial charge in [0.05, 0.1) is 11.9 Å². The van der Waals surface area contributed by atoms with E-state index in [1.807, 2.05) is 43.3 Å². The molecule has 0 fully saturated rings. The summed E-state index contributed by atoms with van der Waals surface area (Å²) in [7, 11) is 0. The number of amides is 1. The third-order valence-corrected chi connectivity index (χ3v) is 4.49. The van der Waals surface area contributed by atoms with Gasteiger partial charge < -0.3 is 10.6 Å². The molecule has 0 aliphatic carbocycles. The molecule has 0 bridgehead atoms. The molecule has 0 aliphatic heterocycles. The lowest BCUT2D eigenvalue weighted by Gasteiger charge is -2.10. The van der Waals surface area contributed by atoms with Crippen LogP contribution in [0.3, 0.4) is 0 Å². The van der Waals surface area contributed by atoms with E-state index in [1.54, 1.807) is 12.3 Å². The summed E-state index contributed by atoms with van der Waals surface area (Å²) >= 11 is 0. The van der Waals surface area contributed by atoms with Crippen LogP contribution >= 0.6 is 0 Å². The molecule has 1 amide bonds. The Morgan fingerprint density at radius 3 is 2.35 bits per heavy atom. The van der Waals surface area contributed by atoms with Crippen molar-refractivity contribution in [2.24, 2.45) is 0 Å². The number of benzene rings is 2. The van der Waals surface area contributed by atoms with Crippen LogP contribution in [0.25, 0.3) is 0 Å². The highest BCUT2D eigenvalue weighted by Crippen LogP contribution is 2.19. The molecule has 1 heterocycles. The van der Waals surface area contributed by atoms with Crippen LogP contribution in [0, 0.1) is 20.8 Å². The smallest absolute Gasteiger partial charge is 0.270 e. The normalized spacial score (nSPS) is 10.4. The monoisotopic (exact) mass is 345 g/mol. The van der Waals surface area contributed by atoms with Crippen LogP contribution in [0.4, 0.5) is 11.4 Å². The van der Waals surface area contributed by atoms with Gasteiger partial charge in [0.1, 0.15) is 5.69 Å². The summed E-state index contributed by atoms with van der Waals surface area (Å²) in [6, 6.07) is 17.8. The molecule has 26 heavy (non-hydrogen) atoms. The lowest BCUT2D eigenvalue weighted by molar-refractivity contribution is 0.0946. The van der Waals surface area contributed by atoms with Crippen molar-refractivity contribution in [2.75, 3.05) is 5.32 Å². The van der Waals surface area contributed by atoms with Crippen LogP contribution in [0.15, 0.2) is 60.8 Å². The number of rotatable bonds is 5. The molecule has 1 aromatic heterocycles. The van der Waals surface area contributed by atoms with Crippen molar-refractivity contribution in [3.63, 3.8) is 0 Å². The molecule has 3 aromatic rings. The van der Waals surface area contributed by atoms with Gasteiger partial charge in [0.25, 0.3) is 5.91 Å². The highest BCUT2D eigenvalue weighted by atomic mass is 16.1. The van der Waals surface area contributed by atoms with Crippen LogP contribution in [0.2, 0.25) is 0 Å². The number of aromatic nitrogens is 1. The topological polar surface area (TPSA) is 54.0 Å². The molecule has 0 spiro atoms. The second-order valence-corrected chi connectivity index (χ2v) is 6.47. The molecule has 4 heteroatoms. The summed E-state index contributed by atoms with van der Waals surface area (Å²) in [5, 5.41) is 6.23. The average molecular weight is 345 g/mol. The van der Waals surface area contributed by atoms with E-state index in [0.29, 0.717) is 12.2 Å². The fourth-order valence-corrected chi connectivity index (χ4v) is 2.66. The molecular formula is C22H23N3O. The Hall–Kier alpha value is -3.14. The van der Waals surface area contributed by atoms with Crippen LogP contribution < -0.4 is 10.6 Å². The predicted molar refractivity (Wildman–Crippen MR) is 106 cm³/mol. The van der Waals surface area contributed by atoms with E-state index in [-0.39, 0.29) is 5.91 Å². The van der Waals surface area contributed by atoms with Crippen molar-refractivity contribution in [3.05, 3.63) is 88.7 Å². The molecule has 132 valence electrons. The van der Waals surface area contributed by atoms with Gasteiger partial charge in [-0.2, -0.15) is 0 Å². The maximum Gasteiger partial charge on any atom is 0.270 e. The Labute approximate surface area is 154 Å². The summed E-state index contributed by atoms with van der Waals surface area (Å²) in [5.41, 5.74) is 7.02. The number of aryl methyl sites for hydroxylation is 3. The summed E-state index contributed by atoms with van der Waals surface area (Å²) < 4.78 is 0. The van der Waals surface area contributed by atoms with Gasteiger partial charge in [-0.1, -0.05) is 30.3 Å². The lowest BCUT2D eigenvalue weighted by Crippen LogP contribution is -2.24. The Morgan fingerprint density at radius 2 is 1.65 bits per heavy atom. The fourth-order valence-electron chi connectivity index (χ4n) is 2.66. The first-order chi connectivity index (χ1) is 12.5. The Morgan fingerprint density at radius 1 is 0.885 bits per heavy atom. The largest absolute Gasteiger partial charge is 0.354 e. The van der Waals surface area contributed by atoms with E-state index in [4.69, 9.17) is 0 Å². The SMILES string of the molecule is Cc1ccc(Nc2ccc(C(=O)NCc3ccccc3C)nc2)cc1C. The van der Waals surface area contributed by atoms with Gasteiger partial charge in [-0.05, 0) is 67.3 Å². The van der Waals surface area contributed by atoms with E-state index >= 15 is 0 Å². The zero-order chi connectivity index (χ0) is 18.5. The quantitative estimate of drug-likeness (QED) is 0.706. The second kappa shape index (κ2) is 7.83. The van der Waals surface area contributed by atoms with E-state index in [2.05, 4.69) is 41.6 Å². The van der Waals surface area contributed by atoms with Crippen molar-refractivity contribution < 1.29 is 4.79 Å². The lowest BCUT2D eigenvalue weighted by atomic mass is 10.1. The number of hydrogen-bond donors (Lipinski definition) is 2. The van der Waals surface area contributed by atoms with Crippen LogP contribution in [0.5, 0.6) is 0 Å². The van der Waals surface area contributed by atoms with E-state index in [9.17, 15) is 4.79 Å². The number of carbonyl (C=O) groups is 1. The van der Waals surface area contributed by atoms with Crippen LogP contribution in [-0.2, 0) is 6.54 Å². The molecule has 0 saturated heterocycles. The molecule has 0 atom stereocenters. The molecule has 2 N–H and O–H groups in total. The maximum atomic E-state index is 12.3. The van der Waals surface area contributed by atoms with Gasteiger partial charge in [-0.15, -0.1) is 0 Å². The molecule has 0 unspecified atom stereocenters. The number of carbonyl (C=O) groups excluding carboxylic acids is 1. The van der Waals surface area contributed by atoms with E-state index < -0.39 is 0 Å². The first kappa shape index (κ1) is 17.7. The van der Waals surface area contributed by atoms with Gasteiger partial charge in [-0.3, -0.25) is 4.79 Å². The zero-order valence-corrected chi connectivity index (χ0v) is 15.3. The first-order valence-corrected chi connectivity index (χ1v) is 8.66. The third kappa shape index (κ3) is 4.28. The minimum atomic E-state index is -0.175. The van der Waals surface area contributed by atoms with Crippen molar-refractivity contribution in [1.82, 2.24) is 10.3 Å². The summed E-state index contributed by atoms with van der Waals surface area (Å²) in [4.78, 5) is 16.6. The predicted octanol–water partition coefficient (Wildman–Crippen LogP) is 4.68. The second-order valence-electron chi connectivity index (χ2n) is 6.47. The number of pyridine rings is 1. The van der Waals surface area contributed by atoms with E-state index in [0.717, 1.165) is 22.5 Å². The average Bonchev–Trinajstić information content (AvgIpc) is 2.64. The van der Waals surface area contributed by atoms with Gasteiger partial charge in [-0.25, -0.2) is 4.98 Å². The van der Waals surface area contributed by atoms with Crippen LogP contribution in [-0.4, -0.2) is 10.9 Å². The van der Waals surface area contributed by atoms with Crippen molar-refractivity contribution in [2.45, 2.75) is 27.3 Å². The summed E-state index contributed by atoms with van der Waals surface area (Å²) in [5.74, 6) is -0.175. The fraction of sp³-hybridized carbons (Fsp3) is 0.182. The molecule has 0 aliphatic rings. The number of hydrogen-bond acceptors (Lipinski definition) is 3. The highest BCUT2D eigenvalue weighted by molar-refractivity contribution is 5.92. The maximum absolute atomic E-state index is 12.3. The van der Waals surface area contributed by atoms with Gasteiger partial charge >= 0.3 is 0 Å². The van der Waals surface area contributed by atoms with Crippen molar-refractivity contribution in [1.29, 1.82) is 0 Å². The standard InChI is InChI=1S/C22H23N3O/c1-15-8-9-19(12-17(15)3)25-20-10-11-21(23-14-20)22(26)24-13-18-7-5-4-6-16(18)2/h4-12,14,25H,13H2,1-3H3,(H,24,26).